The molecule has 0 unspecified atom stereocenters. The number of ether oxygens (including phenoxy) is 1. The van der Waals surface area contributed by atoms with Crippen LogP contribution in [-0.4, -0.2) is 36.0 Å². The van der Waals surface area contributed by atoms with E-state index in [4.69, 9.17) is 9.15 Å². The van der Waals surface area contributed by atoms with Crippen LogP contribution in [0, 0.1) is 15.9 Å². The molecule has 3 aromatic rings. The standard InChI is InChI=1S/C23H22FN3O5/c24-20-3-1-2-4-21(20)26-11-9-25(10-12-26)14-19-13-22(28)23(16-31-19)32-15-17-5-7-18(8-6-17)27(29)30/h1-8,13,16H,9-12,14-15H2. The second-order valence-electron chi connectivity index (χ2n) is 7.50. The molecule has 1 saturated heterocycles. The summed E-state index contributed by atoms with van der Waals surface area (Å²) >= 11 is 0. The summed E-state index contributed by atoms with van der Waals surface area (Å²) in [7, 11) is 0. The minimum Gasteiger partial charge on any atom is -0.482 e. The van der Waals surface area contributed by atoms with Gasteiger partial charge in [0.2, 0.25) is 11.2 Å². The highest BCUT2D eigenvalue weighted by atomic mass is 19.1. The smallest absolute Gasteiger partial charge is 0.269 e. The van der Waals surface area contributed by atoms with Gasteiger partial charge in [0, 0.05) is 44.4 Å². The Balaban J connectivity index is 1.30. The average molecular weight is 439 g/mol. The van der Waals surface area contributed by atoms with Crippen LogP contribution in [0.25, 0.3) is 0 Å². The Labute approximate surface area is 183 Å². The molecule has 0 atom stereocenters. The van der Waals surface area contributed by atoms with Crippen molar-refractivity contribution < 1.29 is 18.5 Å². The molecule has 2 aromatic carbocycles. The van der Waals surface area contributed by atoms with E-state index in [1.54, 1.807) is 24.3 Å². The van der Waals surface area contributed by atoms with Crippen molar-refractivity contribution >= 4 is 11.4 Å². The van der Waals surface area contributed by atoms with Gasteiger partial charge in [0.15, 0.2) is 0 Å². The van der Waals surface area contributed by atoms with Crippen LogP contribution in [0.4, 0.5) is 15.8 Å². The summed E-state index contributed by atoms with van der Waals surface area (Å²) in [5, 5.41) is 10.7. The van der Waals surface area contributed by atoms with Crippen molar-refractivity contribution in [1.29, 1.82) is 0 Å². The first-order valence-corrected chi connectivity index (χ1v) is 10.2. The molecule has 0 saturated carbocycles. The number of nitro benzene ring substituents is 1. The van der Waals surface area contributed by atoms with Gasteiger partial charge >= 0.3 is 0 Å². The summed E-state index contributed by atoms with van der Waals surface area (Å²) in [4.78, 5) is 26.8. The molecule has 8 nitrogen and oxygen atoms in total. The first-order valence-electron chi connectivity index (χ1n) is 10.2. The van der Waals surface area contributed by atoms with Crippen LogP contribution >= 0.6 is 0 Å². The van der Waals surface area contributed by atoms with Gasteiger partial charge in [-0.1, -0.05) is 12.1 Å². The Bertz CT molecular complexity index is 1140. The van der Waals surface area contributed by atoms with E-state index in [2.05, 4.69) is 4.90 Å². The Kier molecular flexibility index (Phi) is 6.46. The van der Waals surface area contributed by atoms with Crippen molar-refractivity contribution in [2.75, 3.05) is 31.1 Å². The first-order chi connectivity index (χ1) is 15.5. The second-order valence-corrected chi connectivity index (χ2v) is 7.50. The lowest BCUT2D eigenvalue weighted by Crippen LogP contribution is -2.46. The highest BCUT2D eigenvalue weighted by Crippen LogP contribution is 2.21. The van der Waals surface area contributed by atoms with Gasteiger partial charge in [-0.2, -0.15) is 0 Å². The van der Waals surface area contributed by atoms with E-state index in [0.717, 1.165) is 13.1 Å². The van der Waals surface area contributed by atoms with Crippen LogP contribution in [0.5, 0.6) is 5.75 Å². The molecule has 4 rings (SSSR count). The lowest BCUT2D eigenvalue weighted by atomic mass is 10.2. The summed E-state index contributed by atoms with van der Waals surface area (Å²) in [5.74, 6) is 0.379. The number of nitro groups is 1. The molecule has 1 aliphatic rings. The predicted octanol–water partition coefficient (Wildman–Crippen LogP) is 3.59. The highest BCUT2D eigenvalue weighted by Gasteiger charge is 2.20. The molecule has 0 bridgehead atoms. The molecule has 2 heterocycles. The van der Waals surface area contributed by atoms with Crippen LogP contribution in [0.1, 0.15) is 11.3 Å². The molecular weight excluding hydrogens is 417 g/mol. The minimum absolute atomic E-state index is 0.00708. The van der Waals surface area contributed by atoms with Gasteiger partial charge in [-0.15, -0.1) is 0 Å². The van der Waals surface area contributed by atoms with Crippen molar-refractivity contribution in [3.63, 3.8) is 0 Å². The number of halogens is 1. The summed E-state index contributed by atoms with van der Waals surface area (Å²) in [6.45, 7) is 3.37. The first kappa shape index (κ1) is 21.5. The van der Waals surface area contributed by atoms with E-state index < -0.39 is 4.92 Å². The number of anilines is 1. The molecule has 32 heavy (non-hydrogen) atoms. The summed E-state index contributed by atoms with van der Waals surface area (Å²) in [5.41, 5.74) is 1.01. The number of nitrogens with zero attached hydrogens (tertiary/aromatic N) is 3. The molecule has 0 aliphatic carbocycles. The third-order valence-electron chi connectivity index (χ3n) is 5.34. The number of non-ortho nitro benzene ring substituents is 1. The van der Waals surface area contributed by atoms with Crippen LogP contribution in [0.3, 0.4) is 0 Å². The van der Waals surface area contributed by atoms with Crippen LogP contribution in [-0.2, 0) is 13.2 Å². The summed E-state index contributed by atoms with van der Waals surface area (Å²) < 4.78 is 25.1. The molecule has 0 spiro atoms. The molecule has 166 valence electrons. The molecule has 0 radical (unpaired) electrons. The monoisotopic (exact) mass is 439 g/mol. The van der Waals surface area contributed by atoms with Gasteiger partial charge in [-0.25, -0.2) is 4.39 Å². The lowest BCUT2D eigenvalue weighted by molar-refractivity contribution is -0.384. The molecule has 1 aliphatic heterocycles. The fourth-order valence-electron chi connectivity index (χ4n) is 3.58. The van der Waals surface area contributed by atoms with Crippen LogP contribution < -0.4 is 15.1 Å². The molecule has 1 fully saturated rings. The van der Waals surface area contributed by atoms with Crippen molar-refractivity contribution in [2.24, 2.45) is 0 Å². The Morgan fingerprint density at radius 2 is 1.78 bits per heavy atom. The van der Waals surface area contributed by atoms with E-state index in [1.165, 1.54) is 30.5 Å². The fraction of sp³-hybridized carbons (Fsp3) is 0.261. The summed E-state index contributed by atoms with van der Waals surface area (Å²) in [6, 6.07) is 14.1. The van der Waals surface area contributed by atoms with Crippen molar-refractivity contribution in [3.05, 3.63) is 98.3 Å². The molecular formula is C23H22FN3O5. The van der Waals surface area contributed by atoms with Gasteiger partial charge < -0.3 is 14.1 Å². The molecule has 0 amide bonds. The SMILES string of the molecule is O=c1cc(CN2CCN(c3ccccc3F)CC2)occ1OCc1ccc([N+](=O)[O-])cc1. The van der Waals surface area contributed by atoms with E-state index in [0.29, 0.717) is 36.6 Å². The van der Waals surface area contributed by atoms with E-state index >= 15 is 0 Å². The Morgan fingerprint density at radius 1 is 1.06 bits per heavy atom. The number of hydrogen-bond acceptors (Lipinski definition) is 7. The minimum atomic E-state index is -0.474. The van der Waals surface area contributed by atoms with Gasteiger partial charge in [0.25, 0.3) is 5.69 Å². The van der Waals surface area contributed by atoms with E-state index in [-0.39, 0.29) is 29.3 Å². The predicted molar refractivity (Wildman–Crippen MR) is 116 cm³/mol. The van der Waals surface area contributed by atoms with Crippen LogP contribution in [0.2, 0.25) is 0 Å². The highest BCUT2D eigenvalue weighted by molar-refractivity contribution is 5.48. The van der Waals surface area contributed by atoms with Gasteiger partial charge in [-0.3, -0.25) is 19.8 Å². The maximum atomic E-state index is 14.0. The third kappa shape index (κ3) is 5.12. The van der Waals surface area contributed by atoms with Crippen molar-refractivity contribution in [2.45, 2.75) is 13.2 Å². The van der Waals surface area contributed by atoms with E-state index in [1.807, 2.05) is 11.0 Å². The molecule has 0 N–H and O–H groups in total. The van der Waals surface area contributed by atoms with Gasteiger partial charge in [0.05, 0.1) is 17.2 Å². The number of para-hydroxylation sites is 1. The third-order valence-corrected chi connectivity index (χ3v) is 5.34. The normalized spacial score (nSPS) is 14.3. The number of benzene rings is 2. The van der Waals surface area contributed by atoms with Crippen molar-refractivity contribution in [3.8, 4) is 5.75 Å². The zero-order valence-corrected chi connectivity index (χ0v) is 17.3. The summed E-state index contributed by atoms with van der Waals surface area (Å²) in [6.07, 6.45) is 1.29. The molecule has 1 aromatic heterocycles. The number of hydrogen-bond donors (Lipinski definition) is 0. The number of rotatable bonds is 7. The Morgan fingerprint density at radius 3 is 2.44 bits per heavy atom. The fourth-order valence-corrected chi connectivity index (χ4v) is 3.58. The maximum absolute atomic E-state index is 14.0. The maximum Gasteiger partial charge on any atom is 0.269 e. The van der Waals surface area contributed by atoms with Crippen molar-refractivity contribution in [1.82, 2.24) is 4.90 Å². The zero-order valence-electron chi connectivity index (χ0n) is 17.3. The topological polar surface area (TPSA) is 89.1 Å². The average Bonchev–Trinajstić information content (AvgIpc) is 2.80. The zero-order chi connectivity index (χ0) is 22.5. The van der Waals surface area contributed by atoms with E-state index in [9.17, 15) is 19.3 Å². The van der Waals surface area contributed by atoms with Gasteiger partial charge in [-0.05, 0) is 29.8 Å². The van der Waals surface area contributed by atoms with Gasteiger partial charge in [0.1, 0.15) is 24.4 Å². The lowest BCUT2D eigenvalue weighted by Gasteiger charge is -2.35. The largest absolute Gasteiger partial charge is 0.482 e. The Hall–Kier alpha value is -3.72. The second kappa shape index (κ2) is 9.61. The molecule has 9 heteroatoms. The van der Waals surface area contributed by atoms with Crippen LogP contribution in [0.15, 0.2) is 70.1 Å². The quantitative estimate of drug-likeness (QED) is 0.411. The number of piperazine rings is 1.